The zero-order chi connectivity index (χ0) is 25.8. The highest BCUT2D eigenvalue weighted by molar-refractivity contribution is 7.99. The zero-order valence-electron chi connectivity index (χ0n) is 21.0. The molecule has 1 rings (SSSR count). The number of aliphatic hydroxyl groups is 2. The predicted molar refractivity (Wildman–Crippen MR) is 134 cm³/mol. The Morgan fingerprint density at radius 3 is 2.35 bits per heavy atom. The van der Waals surface area contributed by atoms with Crippen molar-refractivity contribution in [2.75, 3.05) is 6.26 Å². The number of allylic oxidation sites excluding steroid dienone is 2. The van der Waals surface area contributed by atoms with E-state index in [9.17, 15) is 30.2 Å². The van der Waals surface area contributed by atoms with Crippen LogP contribution in [0.1, 0.15) is 66.2 Å². The molecule has 0 spiro atoms. The van der Waals surface area contributed by atoms with Gasteiger partial charge in [0.05, 0.1) is 30.3 Å². The Hall–Kier alpha value is -1.82. The smallest absolute Gasteiger partial charge is 0.316 e. The number of carboxylic acid groups (broad SMARTS) is 1. The fraction of sp³-hybridized carbons (Fsp3) is 0.731. The Bertz CT molecular complexity index is 761. The molecule has 8 atom stereocenters. The van der Waals surface area contributed by atoms with Gasteiger partial charge in [0.25, 0.3) is 0 Å². The van der Waals surface area contributed by atoms with Crippen LogP contribution in [-0.2, 0) is 14.3 Å². The summed E-state index contributed by atoms with van der Waals surface area (Å²) in [6.07, 6.45) is 6.88. The molecule has 0 saturated carbocycles. The minimum absolute atomic E-state index is 0.0880. The van der Waals surface area contributed by atoms with Crippen molar-refractivity contribution in [3.8, 4) is 6.07 Å². The Morgan fingerprint density at radius 2 is 1.79 bits per heavy atom. The van der Waals surface area contributed by atoms with Gasteiger partial charge in [-0.1, -0.05) is 39.8 Å². The molecule has 0 amide bonds. The van der Waals surface area contributed by atoms with Crippen LogP contribution in [0.3, 0.4) is 0 Å². The van der Waals surface area contributed by atoms with Crippen molar-refractivity contribution < 1.29 is 29.6 Å². The van der Waals surface area contributed by atoms with Crippen molar-refractivity contribution in [2.24, 2.45) is 23.7 Å². The van der Waals surface area contributed by atoms with E-state index in [1.165, 1.54) is 11.8 Å². The normalized spacial score (nSPS) is 36.0. The van der Waals surface area contributed by atoms with Gasteiger partial charge >= 0.3 is 11.9 Å². The first-order chi connectivity index (χ1) is 16.0. The standard InChI is InChI=1S/C26H41NO6S/c1-16-10-17(2)12-19(4)25(30)20(15-27)8-6-7-9-21(13-23(34-5)26(31)32)33-24(29)14-22(28)18(3)11-16/h6-8,16-19,21-23,25,28,30H,9-14H2,1-5H3,(H,31,32)/b7-6+,20-8-/t16-,17+,18-,19-,21?,22-,23-,25+/m0/s1. The van der Waals surface area contributed by atoms with Crippen molar-refractivity contribution in [2.45, 2.75) is 89.8 Å². The van der Waals surface area contributed by atoms with Gasteiger partial charge in [-0.15, -0.1) is 0 Å². The number of aliphatic carboxylic acids is 1. The molecule has 8 heteroatoms. The maximum Gasteiger partial charge on any atom is 0.316 e. The Morgan fingerprint density at radius 1 is 1.18 bits per heavy atom. The minimum atomic E-state index is -0.979. The molecule has 34 heavy (non-hydrogen) atoms. The number of carbonyl (C=O) groups is 2. The second-order valence-corrected chi connectivity index (χ2v) is 10.9. The summed E-state index contributed by atoms with van der Waals surface area (Å²) in [5.74, 6) is -1.06. The van der Waals surface area contributed by atoms with Crippen molar-refractivity contribution in [3.05, 3.63) is 23.8 Å². The van der Waals surface area contributed by atoms with Crippen molar-refractivity contribution >= 4 is 23.7 Å². The van der Waals surface area contributed by atoms with E-state index in [4.69, 9.17) is 4.74 Å². The van der Waals surface area contributed by atoms with E-state index in [-0.39, 0.29) is 36.7 Å². The summed E-state index contributed by atoms with van der Waals surface area (Å²) in [5, 5.41) is 39.5. The second kappa shape index (κ2) is 15.2. The van der Waals surface area contributed by atoms with Gasteiger partial charge in [-0.2, -0.15) is 17.0 Å². The third-order valence-corrected chi connectivity index (χ3v) is 7.48. The van der Waals surface area contributed by atoms with E-state index in [0.717, 1.165) is 19.3 Å². The van der Waals surface area contributed by atoms with Gasteiger partial charge in [-0.3, -0.25) is 9.59 Å². The number of nitrogens with zero attached hydrogens (tertiary/aromatic N) is 1. The summed E-state index contributed by atoms with van der Waals surface area (Å²) in [4.78, 5) is 24.0. The number of carboxylic acids is 1. The van der Waals surface area contributed by atoms with E-state index >= 15 is 0 Å². The molecular weight excluding hydrogens is 454 g/mol. The molecule has 0 saturated heterocycles. The lowest BCUT2D eigenvalue weighted by Gasteiger charge is -2.27. The average molecular weight is 496 g/mol. The SMILES string of the molecule is CS[C@@H](CC1C/C=C/C=C(/C#N)[C@H](O)[C@@H](C)C[C@H](C)C[C@H](C)C[C@H](C)[C@@H](O)CC(=O)O1)C(=O)O. The van der Waals surface area contributed by atoms with Crippen LogP contribution in [-0.4, -0.2) is 57.1 Å². The largest absolute Gasteiger partial charge is 0.480 e. The van der Waals surface area contributed by atoms with Crippen LogP contribution >= 0.6 is 11.8 Å². The third kappa shape index (κ3) is 10.6. The molecule has 3 N–H and O–H groups in total. The molecule has 1 aliphatic rings. The van der Waals surface area contributed by atoms with Crippen LogP contribution in [0.15, 0.2) is 23.8 Å². The summed E-state index contributed by atoms with van der Waals surface area (Å²) in [6.45, 7) is 8.11. The van der Waals surface area contributed by atoms with Gasteiger partial charge in [0.2, 0.25) is 0 Å². The van der Waals surface area contributed by atoms with E-state index in [1.807, 2.05) is 13.8 Å². The number of aliphatic hydroxyl groups excluding tert-OH is 2. The van der Waals surface area contributed by atoms with Crippen LogP contribution in [0.25, 0.3) is 0 Å². The summed E-state index contributed by atoms with van der Waals surface area (Å²) in [6, 6.07) is 2.08. The van der Waals surface area contributed by atoms with E-state index in [2.05, 4.69) is 19.9 Å². The topological polar surface area (TPSA) is 128 Å². The van der Waals surface area contributed by atoms with Gasteiger partial charge in [0, 0.05) is 12.8 Å². The fourth-order valence-electron chi connectivity index (χ4n) is 4.68. The number of ether oxygens (including phenoxy) is 1. The minimum Gasteiger partial charge on any atom is -0.480 e. The highest BCUT2D eigenvalue weighted by atomic mass is 32.2. The van der Waals surface area contributed by atoms with Crippen LogP contribution in [0, 0.1) is 35.0 Å². The lowest BCUT2D eigenvalue weighted by atomic mass is 9.82. The molecule has 0 aliphatic carbocycles. The maximum absolute atomic E-state index is 12.5. The summed E-state index contributed by atoms with van der Waals surface area (Å²) in [5.41, 5.74) is 0.267. The molecular formula is C26H41NO6S. The molecule has 0 bridgehead atoms. The lowest BCUT2D eigenvalue weighted by Crippen LogP contribution is -2.30. The van der Waals surface area contributed by atoms with E-state index in [1.54, 1.807) is 24.5 Å². The van der Waals surface area contributed by atoms with Gasteiger partial charge in [0.1, 0.15) is 11.4 Å². The highest BCUT2D eigenvalue weighted by Crippen LogP contribution is 2.29. The van der Waals surface area contributed by atoms with Crippen molar-refractivity contribution in [1.82, 2.24) is 0 Å². The van der Waals surface area contributed by atoms with Crippen LogP contribution in [0.5, 0.6) is 0 Å². The number of rotatable bonds is 4. The summed E-state index contributed by atoms with van der Waals surface area (Å²) in [7, 11) is 0. The predicted octanol–water partition coefficient (Wildman–Crippen LogP) is 4.34. The van der Waals surface area contributed by atoms with Gasteiger partial charge < -0.3 is 20.1 Å². The molecule has 1 aliphatic heterocycles. The third-order valence-electron chi connectivity index (χ3n) is 6.52. The zero-order valence-corrected chi connectivity index (χ0v) is 21.8. The van der Waals surface area contributed by atoms with Crippen molar-refractivity contribution in [1.29, 1.82) is 5.26 Å². The van der Waals surface area contributed by atoms with Gasteiger partial charge in [-0.25, -0.2) is 0 Å². The average Bonchev–Trinajstić information content (AvgIpc) is 2.75. The Balaban J connectivity index is 3.16. The molecule has 0 aromatic heterocycles. The number of hydrogen-bond donors (Lipinski definition) is 3. The molecule has 0 fully saturated rings. The molecule has 0 aromatic rings. The monoisotopic (exact) mass is 495 g/mol. The number of thioether (sulfide) groups is 1. The van der Waals surface area contributed by atoms with Gasteiger partial charge in [0.15, 0.2) is 0 Å². The first-order valence-electron chi connectivity index (χ1n) is 12.1. The van der Waals surface area contributed by atoms with Crippen LogP contribution in [0.2, 0.25) is 0 Å². The highest BCUT2D eigenvalue weighted by Gasteiger charge is 2.27. The molecule has 0 radical (unpaired) electrons. The first-order valence-corrected chi connectivity index (χ1v) is 13.3. The first kappa shape index (κ1) is 30.2. The molecule has 192 valence electrons. The quantitative estimate of drug-likeness (QED) is 0.491. The lowest BCUT2D eigenvalue weighted by molar-refractivity contribution is -0.153. The van der Waals surface area contributed by atoms with E-state index < -0.39 is 35.5 Å². The molecule has 1 heterocycles. The van der Waals surface area contributed by atoms with E-state index in [0.29, 0.717) is 11.8 Å². The Labute approximate surface area is 208 Å². The van der Waals surface area contributed by atoms with Gasteiger partial charge in [-0.05, 0) is 55.3 Å². The molecule has 1 unspecified atom stereocenters. The van der Waals surface area contributed by atoms with Crippen LogP contribution in [0.4, 0.5) is 0 Å². The second-order valence-electron chi connectivity index (χ2n) is 9.90. The molecule has 0 aromatic carbocycles. The molecule has 7 nitrogen and oxygen atoms in total. The maximum atomic E-state index is 12.5. The number of hydrogen-bond acceptors (Lipinski definition) is 7. The number of cyclic esters (lactones) is 1. The number of nitriles is 1. The summed E-state index contributed by atoms with van der Waals surface area (Å²) >= 11 is 1.17. The van der Waals surface area contributed by atoms with Crippen LogP contribution < -0.4 is 0 Å². The number of esters is 1. The number of carbonyl (C=O) groups excluding carboxylic acids is 1. The fourth-order valence-corrected chi connectivity index (χ4v) is 5.29. The Kier molecular flexibility index (Phi) is 13.5. The van der Waals surface area contributed by atoms with Crippen molar-refractivity contribution in [3.63, 3.8) is 0 Å². The summed E-state index contributed by atoms with van der Waals surface area (Å²) < 4.78 is 5.57.